The summed E-state index contributed by atoms with van der Waals surface area (Å²) in [5.74, 6) is 0. The second kappa shape index (κ2) is 8.22. The minimum atomic E-state index is -0.485. The predicted molar refractivity (Wildman–Crippen MR) is 89.3 cm³/mol. The molecule has 0 atom stereocenters. The Balaban J connectivity index is 1.86. The molecule has 3 N–H and O–H groups in total. The highest BCUT2D eigenvalue weighted by Gasteiger charge is 2.00. The van der Waals surface area contributed by atoms with Crippen LogP contribution in [-0.2, 0) is 13.0 Å². The van der Waals surface area contributed by atoms with Gasteiger partial charge in [-0.15, -0.1) is 0 Å². The third-order valence-corrected chi connectivity index (χ3v) is 3.65. The Morgan fingerprint density at radius 2 is 1.82 bits per heavy atom. The van der Waals surface area contributed by atoms with E-state index in [2.05, 4.69) is 34.3 Å². The Bertz CT molecular complexity index is 686. The average molecular weight is 301 g/mol. The molecule has 0 amide bonds. The number of aromatic amines is 2. The second-order valence-corrected chi connectivity index (χ2v) is 5.46. The molecule has 0 radical (unpaired) electrons. The van der Waals surface area contributed by atoms with Gasteiger partial charge in [0.1, 0.15) is 0 Å². The molecule has 0 saturated carbocycles. The van der Waals surface area contributed by atoms with E-state index < -0.39 is 5.69 Å². The standard InChI is InChI=1S/C17H23N3O2/c1-2-3-4-5-6-13-7-9-15(10-8-13)18-11-14-12-19-17(22)20-16(14)21/h7-10,12,18H,2-6,11H2,1H3,(H2,19,20,21,22). The van der Waals surface area contributed by atoms with Crippen molar-refractivity contribution in [3.8, 4) is 0 Å². The summed E-state index contributed by atoms with van der Waals surface area (Å²) in [7, 11) is 0. The fraction of sp³-hybridized carbons (Fsp3) is 0.412. The van der Waals surface area contributed by atoms with Crippen LogP contribution in [-0.4, -0.2) is 9.97 Å². The number of benzene rings is 1. The molecule has 0 aliphatic heterocycles. The fourth-order valence-corrected chi connectivity index (χ4v) is 2.31. The van der Waals surface area contributed by atoms with Gasteiger partial charge in [0.05, 0.1) is 5.56 Å². The lowest BCUT2D eigenvalue weighted by Crippen LogP contribution is -2.25. The Kier molecular flexibility index (Phi) is 6.01. The lowest BCUT2D eigenvalue weighted by Gasteiger charge is -2.07. The zero-order chi connectivity index (χ0) is 15.8. The molecule has 0 unspecified atom stereocenters. The number of anilines is 1. The van der Waals surface area contributed by atoms with Gasteiger partial charge < -0.3 is 10.3 Å². The van der Waals surface area contributed by atoms with Gasteiger partial charge in [0.25, 0.3) is 5.56 Å². The van der Waals surface area contributed by atoms with Gasteiger partial charge in [0.2, 0.25) is 0 Å². The molecule has 1 aromatic carbocycles. The quantitative estimate of drug-likeness (QED) is 0.656. The van der Waals surface area contributed by atoms with Gasteiger partial charge >= 0.3 is 5.69 Å². The summed E-state index contributed by atoms with van der Waals surface area (Å²) in [6, 6.07) is 8.28. The topological polar surface area (TPSA) is 77.8 Å². The van der Waals surface area contributed by atoms with Crippen molar-refractivity contribution in [1.82, 2.24) is 9.97 Å². The van der Waals surface area contributed by atoms with Crippen molar-refractivity contribution in [2.45, 2.75) is 45.6 Å². The molecular formula is C17H23N3O2. The largest absolute Gasteiger partial charge is 0.381 e. The maximum atomic E-state index is 11.6. The first-order valence-electron chi connectivity index (χ1n) is 7.82. The van der Waals surface area contributed by atoms with Gasteiger partial charge in [0.15, 0.2) is 0 Å². The molecule has 5 heteroatoms. The smallest absolute Gasteiger partial charge is 0.325 e. The monoisotopic (exact) mass is 301 g/mol. The van der Waals surface area contributed by atoms with Crippen molar-refractivity contribution >= 4 is 5.69 Å². The Morgan fingerprint density at radius 3 is 2.50 bits per heavy atom. The Morgan fingerprint density at radius 1 is 1.05 bits per heavy atom. The highest BCUT2D eigenvalue weighted by molar-refractivity contribution is 5.45. The molecule has 0 saturated heterocycles. The van der Waals surface area contributed by atoms with Gasteiger partial charge in [0, 0.05) is 18.4 Å². The van der Waals surface area contributed by atoms with Crippen molar-refractivity contribution in [3.63, 3.8) is 0 Å². The molecule has 2 rings (SSSR count). The number of hydrogen-bond donors (Lipinski definition) is 3. The zero-order valence-corrected chi connectivity index (χ0v) is 12.9. The van der Waals surface area contributed by atoms with E-state index in [0.29, 0.717) is 12.1 Å². The van der Waals surface area contributed by atoms with Crippen molar-refractivity contribution in [2.24, 2.45) is 0 Å². The van der Waals surface area contributed by atoms with Crippen LogP contribution in [0.3, 0.4) is 0 Å². The molecule has 0 spiro atoms. The van der Waals surface area contributed by atoms with Crippen molar-refractivity contribution < 1.29 is 0 Å². The highest BCUT2D eigenvalue weighted by Crippen LogP contribution is 2.13. The number of H-pyrrole nitrogens is 2. The summed E-state index contributed by atoms with van der Waals surface area (Å²) >= 11 is 0. The number of nitrogens with one attached hydrogen (secondary N) is 3. The Labute approximate surface area is 129 Å². The van der Waals surface area contributed by atoms with E-state index in [1.807, 2.05) is 12.1 Å². The van der Waals surface area contributed by atoms with E-state index in [0.717, 1.165) is 12.1 Å². The van der Waals surface area contributed by atoms with Crippen LogP contribution in [0.15, 0.2) is 40.1 Å². The maximum absolute atomic E-state index is 11.6. The fourth-order valence-electron chi connectivity index (χ4n) is 2.31. The summed E-state index contributed by atoms with van der Waals surface area (Å²) in [5.41, 5.74) is 1.96. The minimum absolute atomic E-state index is 0.358. The average Bonchev–Trinajstić information content (AvgIpc) is 2.52. The van der Waals surface area contributed by atoms with Crippen LogP contribution in [0.5, 0.6) is 0 Å². The van der Waals surface area contributed by atoms with Crippen LogP contribution >= 0.6 is 0 Å². The number of rotatable bonds is 8. The van der Waals surface area contributed by atoms with Crippen LogP contribution < -0.4 is 16.6 Å². The molecule has 0 bridgehead atoms. The normalized spacial score (nSPS) is 10.6. The van der Waals surface area contributed by atoms with Crippen molar-refractivity contribution in [2.75, 3.05) is 5.32 Å². The molecule has 0 aliphatic carbocycles. The number of hydrogen-bond acceptors (Lipinski definition) is 3. The highest BCUT2D eigenvalue weighted by atomic mass is 16.2. The molecule has 0 fully saturated rings. The predicted octanol–water partition coefficient (Wildman–Crippen LogP) is 2.80. The van der Waals surface area contributed by atoms with E-state index >= 15 is 0 Å². The first-order valence-corrected chi connectivity index (χ1v) is 7.82. The molecule has 1 aromatic heterocycles. The second-order valence-electron chi connectivity index (χ2n) is 5.46. The van der Waals surface area contributed by atoms with Gasteiger partial charge in [-0.2, -0.15) is 0 Å². The van der Waals surface area contributed by atoms with E-state index in [4.69, 9.17) is 0 Å². The van der Waals surface area contributed by atoms with E-state index in [9.17, 15) is 9.59 Å². The molecule has 118 valence electrons. The number of aryl methyl sites for hydroxylation is 1. The van der Waals surface area contributed by atoms with Crippen molar-refractivity contribution in [1.29, 1.82) is 0 Å². The summed E-state index contributed by atoms with van der Waals surface area (Å²) in [4.78, 5) is 27.2. The van der Waals surface area contributed by atoms with Crippen molar-refractivity contribution in [3.05, 3.63) is 62.4 Å². The number of aromatic nitrogens is 2. The zero-order valence-electron chi connectivity index (χ0n) is 12.9. The minimum Gasteiger partial charge on any atom is -0.381 e. The molecule has 5 nitrogen and oxygen atoms in total. The molecular weight excluding hydrogens is 278 g/mol. The van der Waals surface area contributed by atoms with Gasteiger partial charge in [-0.1, -0.05) is 38.3 Å². The van der Waals surface area contributed by atoms with Crippen LogP contribution in [0.2, 0.25) is 0 Å². The third-order valence-electron chi connectivity index (χ3n) is 3.65. The van der Waals surface area contributed by atoms with Gasteiger partial charge in [-0.05, 0) is 30.5 Å². The molecule has 22 heavy (non-hydrogen) atoms. The number of unbranched alkanes of at least 4 members (excludes halogenated alkanes) is 3. The first kappa shape index (κ1) is 16.1. The summed E-state index contributed by atoms with van der Waals surface area (Å²) in [6.07, 6.45) is 7.62. The van der Waals surface area contributed by atoms with E-state index in [1.54, 1.807) is 0 Å². The molecule has 1 heterocycles. The van der Waals surface area contributed by atoms with Crippen LogP contribution in [0.25, 0.3) is 0 Å². The maximum Gasteiger partial charge on any atom is 0.325 e. The van der Waals surface area contributed by atoms with E-state index in [-0.39, 0.29) is 5.56 Å². The van der Waals surface area contributed by atoms with Gasteiger partial charge in [-0.3, -0.25) is 9.78 Å². The van der Waals surface area contributed by atoms with Crippen LogP contribution in [0.1, 0.15) is 43.7 Å². The summed E-state index contributed by atoms with van der Waals surface area (Å²) < 4.78 is 0. The molecule has 2 aromatic rings. The lowest BCUT2D eigenvalue weighted by atomic mass is 10.1. The third kappa shape index (κ3) is 4.91. The lowest BCUT2D eigenvalue weighted by molar-refractivity contribution is 0.667. The summed E-state index contributed by atoms with van der Waals surface area (Å²) in [6.45, 7) is 2.59. The molecule has 0 aliphatic rings. The van der Waals surface area contributed by atoms with Gasteiger partial charge in [-0.25, -0.2) is 4.79 Å². The first-order chi connectivity index (χ1) is 10.7. The van der Waals surface area contributed by atoms with E-state index in [1.165, 1.54) is 37.4 Å². The summed E-state index contributed by atoms with van der Waals surface area (Å²) in [5, 5.41) is 3.18. The Hall–Kier alpha value is -2.30. The van der Waals surface area contributed by atoms with Crippen LogP contribution in [0.4, 0.5) is 5.69 Å². The van der Waals surface area contributed by atoms with Crippen LogP contribution in [0, 0.1) is 0 Å². The SMILES string of the molecule is CCCCCCc1ccc(NCc2c[nH]c(=O)[nH]c2=O)cc1.